The first-order valence-corrected chi connectivity index (χ1v) is 10.3. The van der Waals surface area contributed by atoms with Gasteiger partial charge in [0.15, 0.2) is 5.60 Å². The number of benzene rings is 2. The normalized spacial score (nSPS) is 14.3. The van der Waals surface area contributed by atoms with Gasteiger partial charge in [0.1, 0.15) is 5.75 Å². The predicted molar refractivity (Wildman–Crippen MR) is 116 cm³/mol. The van der Waals surface area contributed by atoms with Gasteiger partial charge in [-0.25, -0.2) is 0 Å². The van der Waals surface area contributed by atoms with Crippen molar-refractivity contribution in [3.05, 3.63) is 63.8 Å². The maximum atomic E-state index is 14.1. The van der Waals surface area contributed by atoms with Gasteiger partial charge < -0.3 is 14.8 Å². The molecule has 0 aliphatic carbocycles. The lowest BCUT2D eigenvalue weighted by Gasteiger charge is -2.38. The number of aliphatic hydroxyl groups is 1. The Bertz CT molecular complexity index is 1150. The molecule has 0 bridgehead atoms. The largest absolute Gasteiger partial charge is 0.496 e. The number of ether oxygens (including phenoxy) is 1. The van der Waals surface area contributed by atoms with Crippen LogP contribution in [0.25, 0.3) is 10.9 Å². The number of H-pyrrole nitrogens is 1. The van der Waals surface area contributed by atoms with E-state index >= 15 is 0 Å². The third-order valence-corrected chi connectivity index (χ3v) is 5.93. The fourth-order valence-corrected chi connectivity index (χ4v) is 4.33. The van der Waals surface area contributed by atoms with Crippen molar-refractivity contribution in [2.75, 3.05) is 7.11 Å². The van der Waals surface area contributed by atoms with Gasteiger partial charge in [0.25, 0.3) is 0 Å². The minimum atomic E-state index is -4.86. The van der Waals surface area contributed by atoms with E-state index in [9.17, 15) is 18.3 Å². The molecular formula is C23H22BrF3N2O2. The smallest absolute Gasteiger partial charge is 0.417 e. The molecule has 3 rings (SSSR count). The van der Waals surface area contributed by atoms with Crippen molar-refractivity contribution < 1.29 is 23.0 Å². The van der Waals surface area contributed by atoms with Gasteiger partial charge in [0.2, 0.25) is 0 Å². The molecule has 0 fully saturated rings. The summed E-state index contributed by atoms with van der Waals surface area (Å²) in [5.74, 6) is 0.451. The summed E-state index contributed by atoms with van der Waals surface area (Å²) in [7, 11) is 1.46. The zero-order valence-electron chi connectivity index (χ0n) is 17.3. The second kappa shape index (κ2) is 8.21. The summed E-state index contributed by atoms with van der Waals surface area (Å²) >= 11 is 3.35. The lowest BCUT2D eigenvalue weighted by atomic mass is 9.73. The number of nitriles is 1. The Balaban J connectivity index is 2.00. The van der Waals surface area contributed by atoms with Crippen LogP contribution in [-0.2, 0) is 11.8 Å². The summed E-state index contributed by atoms with van der Waals surface area (Å²) in [6.07, 6.45) is -6.08. The first-order chi connectivity index (χ1) is 14.4. The quantitative estimate of drug-likeness (QED) is 0.440. The van der Waals surface area contributed by atoms with E-state index in [4.69, 9.17) is 10.00 Å². The molecule has 1 aromatic heterocycles. The van der Waals surface area contributed by atoms with Crippen LogP contribution in [0.4, 0.5) is 13.2 Å². The maximum absolute atomic E-state index is 14.1. The number of aromatic amines is 1. The van der Waals surface area contributed by atoms with Crippen molar-refractivity contribution in [2.24, 2.45) is 0 Å². The summed E-state index contributed by atoms with van der Waals surface area (Å²) in [5, 5.41) is 20.6. The molecule has 0 radical (unpaired) electrons. The van der Waals surface area contributed by atoms with Gasteiger partial charge >= 0.3 is 6.18 Å². The highest BCUT2D eigenvalue weighted by Crippen LogP contribution is 2.45. The van der Waals surface area contributed by atoms with Crippen molar-refractivity contribution in [1.29, 1.82) is 5.26 Å². The predicted octanol–water partition coefficient (Wildman–Crippen LogP) is 6.01. The zero-order valence-corrected chi connectivity index (χ0v) is 18.9. The number of nitrogens with zero attached hydrogens (tertiary/aromatic N) is 1. The molecule has 0 saturated heterocycles. The average molecular weight is 495 g/mol. The third kappa shape index (κ3) is 4.73. The molecule has 0 aliphatic rings. The number of methoxy groups -OCH3 is 1. The Morgan fingerprint density at radius 2 is 1.84 bits per heavy atom. The van der Waals surface area contributed by atoms with Crippen molar-refractivity contribution >= 4 is 26.8 Å². The second-order valence-corrected chi connectivity index (χ2v) is 9.24. The van der Waals surface area contributed by atoms with Gasteiger partial charge in [0, 0.05) is 33.1 Å². The van der Waals surface area contributed by atoms with E-state index in [2.05, 4.69) is 20.9 Å². The van der Waals surface area contributed by atoms with Crippen LogP contribution in [0.3, 0.4) is 0 Å². The van der Waals surface area contributed by atoms with E-state index in [1.807, 2.05) is 6.07 Å². The molecule has 31 heavy (non-hydrogen) atoms. The number of nitrogens with one attached hydrogen (secondary N) is 1. The number of alkyl halides is 3. The lowest BCUT2D eigenvalue weighted by Crippen LogP contribution is -2.51. The Labute approximate surface area is 186 Å². The zero-order chi connectivity index (χ0) is 23.0. The molecule has 0 spiro atoms. The second-order valence-electron chi connectivity index (χ2n) is 8.32. The molecule has 1 atom stereocenters. The van der Waals surface area contributed by atoms with Gasteiger partial charge in [0.05, 0.1) is 18.7 Å². The van der Waals surface area contributed by atoms with Crippen molar-refractivity contribution in [3.63, 3.8) is 0 Å². The molecule has 0 aliphatic heterocycles. The van der Waals surface area contributed by atoms with E-state index in [0.29, 0.717) is 32.3 Å². The van der Waals surface area contributed by atoms with Gasteiger partial charge in [-0.15, -0.1) is 0 Å². The van der Waals surface area contributed by atoms with E-state index in [0.717, 1.165) is 0 Å². The van der Waals surface area contributed by atoms with Crippen LogP contribution in [-0.4, -0.2) is 29.0 Å². The van der Waals surface area contributed by atoms with Crippen LogP contribution in [0.15, 0.2) is 46.9 Å². The SMILES string of the molecule is COc1ccc(Br)cc1C(C)(C)CC(O)(Cc1cc2cc(C#N)ccc2[nH]1)C(F)(F)F. The van der Waals surface area contributed by atoms with E-state index in [1.165, 1.54) is 7.11 Å². The van der Waals surface area contributed by atoms with Crippen LogP contribution in [0.2, 0.25) is 0 Å². The number of hydrogen-bond donors (Lipinski definition) is 2. The van der Waals surface area contributed by atoms with E-state index < -0.39 is 30.0 Å². The molecule has 1 heterocycles. The molecule has 4 nitrogen and oxygen atoms in total. The van der Waals surface area contributed by atoms with Gasteiger partial charge in [-0.1, -0.05) is 29.8 Å². The Morgan fingerprint density at radius 1 is 1.13 bits per heavy atom. The number of hydrogen-bond acceptors (Lipinski definition) is 3. The number of rotatable bonds is 6. The molecule has 3 aromatic rings. The highest BCUT2D eigenvalue weighted by molar-refractivity contribution is 9.10. The number of halogens is 4. The lowest BCUT2D eigenvalue weighted by molar-refractivity contribution is -0.266. The molecule has 0 amide bonds. The van der Waals surface area contributed by atoms with Crippen LogP contribution in [0.1, 0.15) is 37.1 Å². The molecule has 2 aromatic carbocycles. The fourth-order valence-electron chi connectivity index (χ4n) is 3.97. The average Bonchev–Trinajstić information content (AvgIpc) is 3.07. The third-order valence-electron chi connectivity index (χ3n) is 5.44. The monoisotopic (exact) mass is 494 g/mol. The van der Waals surface area contributed by atoms with Crippen LogP contribution in [0.5, 0.6) is 5.75 Å². The fraction of sp³-hybridized carbons (Fsp3) is 0.348. The molecular weight excluding hydrogens is 473 g/mol. The molecule has 2 N–H and O–H groups in total. The van der Waals surface area contributed by atoms with Gasteiger partial charge in [-0.2, -0.15) is 18.4 Å². The first-order valence-electron chi connectivity index (χ1n) is 9.53. The Hall–Kier alpha value is -2.50. The number of aromatic nitrogens is 1. The topological polar surface area (TPSA) is 69.0 Å². The summed E-state index contributed by atoms with van der Waals surface area (Å²) in [6, 6.07) is 13.5. The number of fused-ring (bicyclic) bond motifs is 1. The minimum Gasteiger partial charge on any atom is -0.496 e. The summed E-state index contributed by atoms with van der Waals surface area (Å²) in [5.41, 5.74) is -2.23. The standard InChI is InChI=1S/C23H22BrF3N2O2/c1-21(2,18-10-16(24)5-7-20(18)31-3)13-22(30,23(25,26)27)11-17-9-15-8-14(12-28)4-6-19(15)29-17/h4-10,29-30H,11,13H2,1-3H3. The molecule has 164 valence electrons. The highest BCUT2D eigenvalue weighted by atomic mass is 79.9. The highest BCUT2D eigenvalue weighted by Gasteiger charge is 2.56. The van der Waals surface area contributed by atoms with E-state index in [-0.39, 0.29) is 5.69 Å². The molecule has 1 unspecified atom stereocenters. The molecule has 0 saturated carbocycles. The van der Waals surface area contributed by atoms with Crippen LogP contribution >= 0.6 is 15.9 Å². The summed E-state index contributed by atoms with van der Waals surface area (Å²) in [4.78, 5) is 2.93. The van der Waals surface area contributed by atoms with Crippen molar-refractivity contribution in [3.8, 4) is 11.8 Å². The Morgan fingerprint density at radius 3 is 2.45 bits per heavy atom. The van der Waals surface area contributed by atoms with Crippen LogP contribution < -0.4 is 4.74 Å². The van der Waals surface area contributed by atoms with Gasteiger partial charge in [-0.3, -0.25) is 0 Å². The Kier molecular flexibility index (Phi) is 6.14. The van der Waals surface area contributed by atoms with E-state index in [1.54, 1.807) is 56.3 Å². The van der Waals surface area contributed by atoms with Crippen molar-refractivity contribution in [1.82, 2.24) is 4.98 Å². The summed E-state index contributed by atoms with van der Waals surface area (Å²) < 4.78 is 48.4. The van der Waals surface area contributed by atoms with Gasteiger partial charge in [-0.05, 0) is 54.3 Å². The summed E-state index contributed by atoms with van der Waals surface area (Å²) in [6.45, 7) is 3.30. The minimum absolute atomic E-state index is 0.238. The maximum Gasteiger partial charge on any atom is 0.417 e. The van der Waals surface area contributed by atoms with Crippen molar-refractivity contribution in [2.45, 2.75) is 43.9 Å². The first kappa shape index (κ1) is 23.2. The van der Waals surface area contributed by atoms with Crippen LogP contribution in [0, 0.1) is 11.3 Å². The molecule has 8 heteroatoms.